The maximum absolute atomic E-state index is 10.5. The number of allylic oxidation sites excluding steroid dienone is 1. The molecular weight excluding hydrogens is 160 g/mol. The molecule has 1 saturated heterocycles. The zero-order valence-electron chi connectivity index (χ0n) is 6.74. The van der Waals surface area contributed by atoms with E-state index in [9.17, 15) is 4.79 Å². The van der Waals surface area contributed by atoms with Gasteiger partial charge in [-0.25, -0.2) is 10.3 Å². The lowest BCUT2D eigenvalue weighted by Gasteiger charge is -2.26. The SMILES string of the molecule is C[C@@H]1ONC2=C(C=O)OCCN21. The van der Waals surface area contributed by atoms with Crippen molar-refractivity contribution in [1.29, 1.82) is 0 Å². The molecule has 1 fully saturated rings. The Balaban J connectivity index is 2.30. The van der Waals surface area contributed by atoms with Crippen molar-refractivity contribution in [3.63, 3.8) is 0 Å². The van der Waals surface area contributed by atoms with Crippen LogP contribution in [0.3, 0.4) is 0 Å². The first-order valence-corrected chi connectivity index (χ1v) is 3.83. The standard InChI is InChI=1S/C7H10N2O3/c1-5-9-2-3-11-6(4-10)7(9)8-12-5/h4-5,8H,2-3H2,1H3/t5-/m0/s1. The van der Waals surface area contributed by atoms with Crippen LogP contribution in [-0.2, 0) is 14.4 Å². The van der Waals surface area contributed by atoms with Gasteiger partial charge in [-0.15, -0.1) is 0 Å². The van der Waals surface area contributed by atoms with Crippen LogP contribution >= 0.6 is 0 Å². The highest BCUT2D eigenvalue weighted by Gasteiger charge is 2.31. The molecule has 66 valence electrons. The molecule has 0 spiro atoms. The lowest BCUT2D eigenvalue weighted by Crippen LogP contribution is -2.35. The number of carbonyl (C=O) groups is 1. The molecule has 5 nitrogen and oxygen atoms in total. The molecule has 1 N–H and O–H groups in total. The number of ether oxygens (including phenoxy) is 1. The predicted octanol–water partition coefficient (Wildman–Crippen LogP) is -0.433. The van der Waals surface area contributed by atoms with Gasteiger partial charge in [0, 0.05) is 0 Å². The Labute approximate surface area is 69.9 Å². The molecule has 1 atom stereocenters. The summed E-state index contributed by atoms with van der Waals surface area (Å²) < 4.78 is 5.12. The molecule has 12 heavy (non-hydrogen) atoms. The average Bonchev–Trinajstić information content (AvgIpc) is 2.48. The number of nitrogens with one attached hydrogen (secondary N) is 1. The van der Waals surface area contributed by atoms with Gasteiger partial charge in [-0.05, 0) is 6.92 Å². The molecule has 5 heteroatoms. The summed E-state index contributed by atoms with van der Waals surface area (Å²) in [5, 5.41) is 0. The highest BCUT2D eigenvalue weighted by molar-refractivity contribution is 5.71. The summed E-state index contributed by atoms with van der Waals surface area (Å²) in [5.74, 6) is 0.967. The van der Waals surface area contributed by atoms with E-state index >= 15 is 0 Å². The van der Waals surface area contributed by atoms with Gasteiger partial charge in [-0.3, -0.25) is 4.79 Å². The molecule has 2 aliphatic rings. The second-order valence-electron chi connectivity index (χ2n) is 2.69. The van der Waals surface area contributed by atoms with Gasteiger partial charge < -0.3 is 9.64 Å². The zero-order valence-corrected chi connectivity index (χ0v) is 6.74. The molecule has 0 aliphatic carbocycles. The van der Waals surface area contributed by atoms with Crippen molar-refractivity contribution >= 4 is 6.29 Å². The van der Waals surface area contributed by atoms with Crippen LogP contribution in [0.4, 0.5) is 0 Å². The number of fused-ring (bicyclic) bond motifs is 1. The van der Waals surface area contributed by atoms with E-state index in [0.29, 0.717) is 24.5 Å². The summed E-state index contributed by atoms with van der Waals surface area (Å²) in [5.41, 5.74) is 2.66. The first kappa shape index (κ1) is 7.42. The first-order valence-electron chi connectivity index (χ1n) is 3.83. The van der Waals surface area contributed by atoms with Gasteiger partial charge in [-0.1, -0.05) is 0 Å². The highest BCUT2D eigenvalue weighted by atomic mass is 16.7. The van der Waals surface area contributed by atoms with Gasteiger partial charge in [-0.2, -0.15) is 0 Å². The Morgan fingerprint density at radius 2 is 2.58 bits per heavy atom. The first-order chi connectivity index (χ1) is 5.83. The molecule has 0 unspecified atom stereocenters. The van der Waals surface area contributed by atoms with E-state index in [-0.39, 0.29) is 6.23 Å². The Bertz CT molecular complexity index is 239. The number of carbonyl (C=O) groups excluding carboxylic acids is 1. The van der Waals surface area contributed by atoms with Crippen molar-refractivity contribution in [1.82, 2.24) is 10.4 Å². The van der Waals surface area contributed by atoms with Crippen LogP contribution in [0.25, 0.3) is 0 Å². The molecular formula is C7H10N2O3. The van der Waals surface area contributed by atoms with Gasteiger partial charge in [0.15, 0.2) is 18.3 Å². The number of nitrogens with zero attached hydrogens (tertiary/aromatic N) is 1. The van der Waals surface area contributed by atoms with Crippen LogP contribution in [0.1, 0.15) is 6.92 Å². The lowest BCUT2D eigenvalue weighted by atomic mass is 10.4. The monoisotopic (exact) mass is 170 g/mol. The fraction of sp³-hybridized carbons (Fsp3) is 0.571. The van der Waals surface area contributed by atoms with Crippen molar-refractivity contribution < 1.29 is 14.4 Å². The van der Waals surface area contributed by atoms with Crippen LogP contribution in [0, 0.1) is 0 Å². The van der Waals surface area contributed by atoms with E-state index < -0.39 is 0 Å². The third-order valence-electron chi connectivity index (χ3n) is 1.98. The fourth-order valence-electron chi connectivity index (χ4n) is 1.34. The molecule has 0 amide bonds. The largest absolute Gasteiger partial charge is 0.485 e. The van der Waals surface area contributed by atoms with E-state index in [1.807, 2.05) is 11.8 Å². The van der Waals surface area contributed by atoms with Crippen molar-refractivity contribution in [3.05, 3.63) is 11.6 Å². The zero-order chi connectivity index (χ0) is 8.55. The average molecular weight is 170 g/mol. The van der Waals surface area contributed by atoms with Crippen LogP contribution in [0.2, 0.25) is 0 Å². The van der Waals surface area contributed by atoms with Crippen LogP contribution in [0.5, 0.6) is 0 Å². The molecule has 2 heterocycles. The number of aldehydes is 1. The Morgan fingerprint density at radius 3 is 3.33 bits per heavy atom. The minimum absolute atomic E-state index is 0.0288. The van der Waals surface area contributed by atoms with E-state index in [4.69, 9.17) is 9.57 Å². The molecule has 0 aromatic rings. The van der Waals surface area contributed by atoms with E-state index in [0.717, 1.165) is 6.54 Å². The van der Waals surface area contributed by atoms with Crippen molar-refractivity contribution in [2.24, 2.45) is 0 Å². The topological polar surface area (TPSA) is 50.8 Å². The van der Waals surface area contributed by atoms with Crippen molar-refractivity contribution in [3.8, 4) is 0 Å². The van der Waals surface area contributed by atoms with E-state index in [1.165, 1.54) is 0 Å². The maximum atomic E-state index is 10.5. The maximum Gasteiger partial charge on any atom is 0.201 e. The Kier molecular flexibility index (Phi) is 1.65. The molecule has 0 aromatic carbocycles. The number of hydrogen-bond acceptors (Lipinski definition) is 5. The van der Waals surface area contributed by atoms with Gasteiger partial charge >= 0.3 is 0 Å². The molecule has 0 saturated carbocycles. The number of rotatable bonds is 1. The molecule has 2 aliphatic heterocycles. The number of hydrogen-bond donors (Lipinski definition) is 1. The summed E-state index contributed by atoms with van der Waals surface area (Å²) in [6.45, 7) is 3.20. The van der Waals surface area contributed by atoms with E-state index in [2.05, 4.69) is 5.48 Å². The summed E-state index contributed by atoms with van der Waals surface area (Å²) in [6, 6.07) is 0. The quantitative estimate of drug-likeness (QED) is 0.541. The fourth-order valence-corrected chi connectivity index (χ4v) is 1.34. The summed E-state index contributed by atoms with van der Waals surface area (Å²) >= 11 is 0. The van der Waals surface area contributed by atoms with Crippen LogP contribution in [0.15, 0.2) is 11.6 Å². The third kappa shape index (κ3) is 0.937. The van der Waals surface area contributed by atoms with E-state index in [1.54, 1.807) is 0 Å². The predicted molar refractivity (Wildman–Crippen MR) is 39.4 cm³/mol. The molecule has 0 aromatic heterocycles. The van der Waals surface area contributed by atoms with Gasteiger partial charge in [0.05, 0.1) is 6.54 Å². The minimum Gasteiger partial charge on any atom is -0.485 e. The molecule has 0 bridgehead atoms. The summed E-state index contributed by atoms with van der Waals surface area (Å²) in [6.07, 6.45) is 0.662. The van der Waals surface area contributed by atoms with Gasteiger partial charge in [0.25, 0.3) is 0 Å². The lowest BCUT2D eigenvalue weighted by molar-refractivity contribution is -0.108. The summed E-state index contributed by atoms with van der Waals surface area (Å²) in [4.78, 5) is 17.6. The van der Waals surface area contributed by atoms with Crippen molar-refractivity contribution in [2.75, 3.05) is 13.2 Å². The highest BCUT2D eigenvalue weighted by Crippen LogP contribution is 2.21. The van der Waals surface area contributed by atoms with Gasteiger partial charge in [0.2, 0.25) is 5.76 Å². The summed E-state index contributed by atoms with van der Waals surface area (Å²) in [7, 11) is 0. The molecule has 0 radical (unpaired) electrons. The number of hydroxylamine groups is 1. The second-order valence-corrected chi connectivity index (χ2v) is 2.69. The molecule has 2 rings (SSSR count). The normalized spacial score (nSPS) is 27.8. The smallest absolute Gasteiger partial charge is 0.201 e. The van der Waals surface area contributed by atoms with Crippen molar-refractivity contribution in [2.45, 2.75) is 13.2 Å². The second kappa shape index (κ2) is 2.67. The minimum atomic E-state index is -0.0288. The third-order valence-corrected chi connectivity index (χ3v) is 1.98. The van der Waals surface area contributed by atoms with Crippen LogP contribution < -0.4 is 5.48 Å². The Morgan fingerprint density at radius 1 is 1.75 bits per heavy atom. The van der Waals surface area contributed by atoms with Crippen LogP contribution in [-0.4, -0.2) is 30.6 Å². The Hall–Kier alpha value is -1.23. The van der Waals surface area contributed by atoms with Gasteiger partial charge in [0.1, 0.15) is 6.61 Å².